The lowest BCUT2D eigenvalue weighted by molar-refractivity contribution is 0.0591. The fraction of sp³-hybridized carbons (Fsp3) is 0.231. The molecule has 0 aliphatic heterocycles. The summed E-state index contributed by atoms with van der Waals surface area (Å²) >= 11 is 0. The molecule has 2 aromatic rings. The van der Waals surface area contributed by atoms with Gasteiger partial charge in [-0.25, -0.2) is 9.48 Å². The van der Waals surface area contributed by atoms with E-state index in [1.807, 2.05) is 18.2 Å². The number of hydrogen-bond donors (Lipinski definition) is 0. The maximum atomic E-state index is 11.5. The van der Waals surface area contributed by atoms with Crippen LogP contribution in [0.5, 0.6) is 5.75 Å². The van der Waals surface area contributed by atoms with Gasteiger partial charge in [-0.1, -0.05) is 23.4 Å². The molecule has 0 spiro atoms. The van der Waals surface area contributed by atoms with Gasteiger partial charge in [0.05, 0.1) is 20.8 Å². The summed E-state index contributed by atoms with van der Waals surface area (Å²) in [6.45, 7) is 0.266. The minimum absolute atomic E-state index is 0.0720. The first-order valence-electron chi connectivity index (χ1n) is 5.80. The van der Waals surface area contributed by atoms with Crippen LogP contribution in [0, 0.1) is 0 Å². The summed E-state index contributed by atoms with van der Waals surface area (Å²) in [5.74, 6) is -0.0298. The Morgan fingerprint density at radius 3 is 2.75 bits per heavy atom. The number of para-hydroxylation sites is 1. The van der Waals surface area contributed by atoms with Crippen molar-refractivity contribution in [2.45, 2.75) is 6.54 Å². The fourth-order valence-corrected chi connectivity index (χ4v) is 1.79. The van der Waals surface area contributed by atoms with E-state index in [9.17, 15) is 9.59 Å². The van der Waals surface area contributed by atoms with E-state index in [2.05, 4.69) is 15.0 Å². The molecule has 2 rings (SSSR count). The highest BCUT2D eigenvalue weighted by atomic mass is 16.5. The number of nitrogens with zero attached hydrogens (tertiary/aromatic N) is 3. The lowest BCUT2D eigenvalue weighted by Crippen LogP contribution is -2.10. The SMILES string of the molecule is COC(=O)c1nnn(Cc2ccccc2OC)c1C=O. The van der Waals surface area contributed by atoms with Crippen LogP contribution in [0.1, 0.15) is 26.5 Å². The van der Waals surface area contributed by atoms with Gasteiger partial charge in [-0.3, -0.25) is 4.79 Å². The van der Waals surface area contributed by atoms with Crippen LogP contribution in [0.2, 0.25) is 0 Å². The number of hydrogen-bond acceptors (Lipinski definition) is 6. The van der Waals surface area contributed by atoms with Gasteiger partial charge >= 0.3 is 5.97 Å². The van der Waals surface area contributed by atoms with Crippen molar-refractivity contribution in [2.24, 2.45) is 0 Å². The number of aromatic nitrogens is 3. The zero-order valence-corrected chi connectivity index (χ0v) is 11.1. The second-order valence-electron chi connectivity index (χ2n) is 3.90. The third-order valence-corrected chi connectivity index (χ3v) is 2.78. The minimum atomic E-state index is -0.696. The molecule has 7 heteroatoms. The predicted octanol–water partition coefficient (Wildman–Crippen LogP) is 0.934. The maximum absolute atomic E-state index is 11.5. The van der Waals surface area contributed by atoms with Gasteiger partial charge < -0.3 is 9.47 Å². The first kappa shape index (κ1) is 13.7. The molecule has 1 aromatic heterocycles. The predicted molar refractivity (Wildman–Crippen MR) is 68.8 cm³/mol. The molecule has 0 radical (unpaired) electrons. The second kappa shape index (κ2) is 5.96. The van der Waals surface area contributed by atoms with Gasteiger partial charge in [0, 0.05) is 5.56 Å². The van der Waals surface area contributed by atoms with E-state index in [-0.39, 0.29) is 17.9 Å². The topological polar surface area (TPSA) is 83.3 Å². The van der Waals surface area contributed by atoms with Crippen LogP contribution in [0.3, 0.4) is 0 Å². The molecule has 0 saturated heterocycles. The molecular weight excluding hydrogens is 262 g/mol. The van der Waals surface area contributed by atoms with Gasteiger partial charge in [-0.05, 0) is 6.07 Å². The van der Waals surface area contributed by atoms with Crippen molar-refractivity contribution >= 4 is 12.3 Å². The van der Waals surface area contributed by atoms with Crippen LogP contribution in [0.4, 0.5) is 0 Å². The van der Waals surface area contributed by atoms with Crippen molar-refractivity contribution in [1.82, 2.24) is 15.0 Å². The maximum Gasteiger partial charge on any atom is 0.361 e. The van der Waals surface area contributed by atoms with E-state index in [0.717, 1.165) is 5.56 Å². The number of benzene rings is 1. The van der Waals surface area contributed by atoms with Gasteiger partial charge in [-0.15, -0.1) is 5.10 Å². The van der Waals surface area contributed by atoms with Gasteiger partial charge in [0.25, 0.3) is 0 Å². The molecule has 0 atom stereocenters. The van der Waals surface area contributed by atoms with E-state index >= 15 is 0 Å². The summed E-state index contributed by atoms with van der Waals surface area (Å²) in [5, 5.41) is 7.48. The molecule has 104 valence electrons. The molecule has 20 heavy (non-hydrogen) atoms. The van der Waals surface area contributed by atoms with Crippen LogP contribution in [-0.2, 0) is 11.3 Å². The number of aldehydes is 1. The van der Waals surface area contributed by atoms with Gasteiger partial charge in [0.1, 0.15) is 11.4 Å². The molecule has 0 aliphatic carbocycles. The summed E-state index contributed by atoms with van der Waals surface area (Å²) in [6, 6.07) is 7.32. The van der Waals surface area contributed by atoms with E-state index in [0.29, 0.717) is 12.0 Å². The molecule has 0 saturated carbocycles. The number of esters is 1. The number of methoxy groups -OCH3 is 2. The highest BCUT2D eigenvalue weighted by molar-refractivity contribution is 5.95. The molecule has 1 heterocycles. The Balaban J connectivity index is 2.37. The van der Waals surface area contributed by atoms with Crippen molar-refractivity contribution in [1.29, 1.82) is 0 Å². The standard InChI is InChI=1S/C13H13N3O4/c1-19-11-6-4-3-5-9(11)7-16-10(8-17)12(14-15-16)13(18)20-2/h3-6,8H,7H2,1-2H3. The summed E-state index contributed by atoms with van der Waals surface area (Å²) in [4.78, 5) is 22.6. The van der Waals surface area contributed by atoms with Crippen molar-refractivity contribution in [3.05, 3.63) is 41.2 Å². The summed E-state index contributed by atoms with van der Waals surface area (Å²) in [5.41, 5.74) is 0.791. The molecule has 1 aromatic carbocycles. The molecule has 0 unspecified atom stereocenters. The van der Waals surface area contributed by atoms with E-state index in [1.54, 1.807) is 13.2 Å². The van der Waals surface area contributed by atoms with Crippen molar-refractivity contribution in [3.8, 4) is 5.75 Å². The Labute approximate surface area is 115 Å². The van der Waals surface area contributed by atoms with Gasteiger partial charge in [0.2, 0.25) is 5.69 Å². The van der Waals surface area contributed by atoms with E-state index < -0.39 is 5.97 Å². The lowest BCUT2D eigenvalue weighted by atomic mass is 10.2. The number of carbonyl (C=O) groups is 2. The quantitative estimate of drug-likeness (QED) is 0.596. The second-order valence-corrected chi connectivity index (χ2v) is 3.90. The van der Waals surface area contributed by atoms with Crippen molar-refractivity contribution < 1.29 is 19.1 Å². The Morgan fingerprint density at radius 1 is 1.35 bits per heavy atom. The Kier molecular flexibility index (Phi) is 4.09. The molecule has 7 nitrogen and oxygen atoms in total. The number of rotatable bonds is 5. The average molecular weight is 275 g/mol. The largest absolute Gasteiger partial charge is 0.496 e. The molecule has 0 fully saturated rings. The highest BCUT2D eigenvalue weighted by Crippen LogP contribution is 2.19. The lowest BCUT2D eigenvalue weighted by Gasteiger charge is -2.08. The monoisotopic (exact) mass is 275 g/mol. The third kappa shape index (κ3) is 2.51. The van der Waals surface area contributed by atoms with Crippen LogP contribution in [-0.4, -0.2) is 41.5 Å². The Bertz CT molecular complexity index is 636. The summed E-state index contributed by atoms with van der Waals surface area (Å²) in [7, 11) is 2.77. The van der Waals surface area contributed by atoms with Crippen LogP contribution < -0.4 is 4.74 Å². The normalized spacial score (nSPS) is 10.1. The zero-order chi connectivity index (χ0) is 14.5. The van der Waals surface area contributed by atoms with Crippen LogP contribution >= 0.6 is 0 Å². The molecular formula is C13H13N3O4. The molecule has 0 bridgehead atoms. The fourth-order valence-electron chi connectivity index (χ4n) is 1.79. The van der Waals surface area contributed by atoms with E-state index in [1.165, 1.54) is 11.8 Å². The smallest absolute Gasteiger partial charge is 0.361 e. The first-order chi connectivity index (χ1) is 9.71. The molecule has 0 amide bonds. The summed E-state index contributed by atoms with van der Waals surface area (Å²) < 4.78 is 11.1. The first-order valence-corrected chi connectivity index (χ1v) is 5.80. The Hall–Kier alpha value is -2.70. The highest BCUT2D eigenvalue weighted by Gasteiger charge is 2.20. The van der Waals surface area contributed by atoms with Crippen molar-refractivity contribution in [2.75, 3.05) is 14.2 Å². The van der Waals surface area contributed by atoms with Gasteiger partial charge in [0.15, 0.2) is 6.29 Å². The summed E-state index contributed by atoms with van der Waals surface area (Å²) in [6.07, 6.45) is 0.529. The van der Waals surface area contributed by atoms with Crippen LogP contribution in [0.25, 0.3) is 0 Å². The van der Waals surface area contributed by atoms with Crippen LogP contribution in [0.15, 0.2) is 24.3 Å². The number of carbonyl (C=O) groups excluding carboxylic acids is 2. The minimum Gasteiger partial charge on any atom is -0.496 e. The van der Waals surface area contributed by atoms with Crippen molar-refractivity contribution in [3.63, 3.8) is 0 Å². The third-order valence-electron chi connectivity index (χ3n) is 2.78. The van der Waals surface area contributed by atoms with E-state index in [4.69, 9.17) is 4.74 Å². The molecule has 0 N–H and O–H groups in total. The number of ether oxygens (including phenoxy) is 2. The Morgan fingerprint density at radius 2 is 2.10 bits per heavy atom. The zero-order valence-electron chi connectivity index (χ0n) is 11.1. The van der Waals surface area contributed by atoms with Gasteiger partial charge in [-0.2, -0.15) is 0 Å². The molecule has 0 aliphatic rings. The average Bonchev–Trinajstić information content (AvgIpc) is 2.89.